The predicted octanol–water partition coefficient (Wildman–Crippen LogP) is 0.129. The molecular weight excluding hydrogens is 258 g/mol. The Hall–Kier alpha value is -2.37. The normalized spacial score (nSPS) is 27.4. The van der Waals surface area contributed by atoms with Gasteiger partial charge < -0.3 is 15.6 Å². The first-order valence-electron chi connectivity index (χ1n) is 6.37. The molecule has 0 spiro atoms. The molecule has 20 heavy (non-hydrogen) atoms. The summed E-state index contributed by atoms with van der Waals surface area (Å²) in [6, 6.07) is 8.20. The molecule has 2 atom stereocenters. The van der Waals surface area contributed by atoms with Gasteiger partial charge in [0, 0.05) is 17.0 Å². The number of hydrogen-bond donors (Lipinski definition) is 2. The summed E-state index contributed by atoms with van der Waals surface area (Å²) in [5.41, 5.74) is 7.32. The number of nitrogens with one attached hydrogen (secondary N) is 1. The molecule has 6 nitrogen and oxygen atoms in total. The van der Waals surface area contributed by atoms with Gasteiger partial charge in [-0.15, -0.1) is 0 Å². The molecule has 0 heterocycles. The summed E-state index contributed by atoms with van der Waals surface area (Å²) in [5, 5.41) is 15.6. The number of hydrogen-bond acceptors (Lipinski definition) is 4. The van der Waals surface area contributed by atoms with Gasteiger partial charge in [-0.1, -0.05) is 37.3 Å². The first-order valence-corrected chi connectivity index (χ1v) is 6.37. The number of urea groups is 1. The van der Waals surface area contributed by atoms with E-state index in [0.29, 0.717) is 24.1 Å². The van der Waals surface area contributed by atoms with E-state index < -0.39 is 17.4 Å². The zero-order chi connectivity index (χ0) is 14.8. The van der Waals surface area contributed by atoms with Crippen LogP contribution in [0.1, 0.15) is 25.3 Å². The van der Waals surface area contributed by atoms with Gasteiger partial charge in [-0.2, -0.15) is 5.10 Å². The van der Waals surface area contributed by atoms with Gasteiger partial charge in [0.15, 0.2) is 0 Å². The maximum Gasteiger partial charge on any atom is 0.332 e. The second-order valence-electron chi connectivity index (χ2n) is 4.93. The molecule has 3 N–H and O–H groups in total. The molecule has 1 fully saturated rings. The summed E-state index contributed by atoms with van der Waals surface area (Å²) in [6.45, 7) is 1.78. The second kappa shape index (κ2) is 5.32. The molecule has 0 unspecified atom stereocenters. The van der Waals surface area contributed by atoms with Crippen LogP contribution < -0.4 is 16.3 Å². The molecule has 0 saturated heterocycles. The smallest absolute Gasteiger partial charge is 0.332 e. The lowest BCUT2D eigenvalue weighted by Crippen LogP contribution is -2.48. The van der Waals surface area contributed by atoms with Crippen molar-refractivity contribution in [3.05, 3.63) is 35.9 Å². The van der Waals surface area contributed by atoms with Crippen molar-refractivity contribution < 1.29 is 14.7 Å². The van der Waals surface area contributed by atoms with E-state index in [1.165, 1.54) is 0 Å². The van der Waals surface area contributed by atoms with E-state index >= 15 is 0 Å². The number of amides is 2. The minimum absolute atomic E-state index is 0.373. The van der Waals surface area contributed by atoms with E-state index in [1.54, 1.807) is 31.2 Å². The van der Waals surface area contributed by atoms with Crippen molar-refractivity contribution in [3.63, 3.8) is 0 Å². The maximum atomic E-state index is 11.7. The number of hydrazone groups is 1. The van der Waals surface area contributed by atoms with Crippen LogP contribution in [0, 0.1) is 5.92 Å². The number of nitrogens with zero attached hydrogens (tertiary/aromatic N) is 1. The van der Waals surface area contributed by atoms with Gasteiger partial charge >= 0.3 is 6.03 Å². The SMILES string of the molecule is C[C@H]1/C(=N/NC(N)=O)CC[C@@]1(C(=O)[O-])c1ccccc1. The topological polar surface area (TPSA) is 108 Å². The van der Waals surface area contributed by atoms with Gasteiger partial charge in [0.05, 0.1) is 5.97 Å². The van der Waals surface area contributed by atoms with Gasteiger partial charge in [0.1, 0.15) is 0 Å². The highest BCUT2D eigenvalue weighted by Crippen LogP contribution is 2.43. The number of nitrogens with two attached hydrogens (primary N) is 1. The number of benzene rings is 1. The predicted molar refractivity (Wildman–Crippen MR) is 71.7 cm³/mol. The van der Waals surface area contributed by atoms with Crippen molar-refractivity contribution in [1.82, 2.24) is 5.43 Å². The Morgan fingerprint density at radius 2 is 2.05 bits per heavy atom. The van der Waals surface area contributed by atoms with Crippen molar-refractivity contribution in [2.24, 2.45) is 16.8 Å². The molecule has 106 valence electrons. The third-order valence-corrected chi connectivity index (χ3v) is 3.98. The molecule has 2 amide bonds. The highest BCUT2D eigenvalue weighted by Gasteiger charge is 2.46. The first-order chi connectivity index (χ1) is 9.48. The van der Waals surface area contributed by atoms with E-state index in [1.807, 2.05) is 6.07 Å². The molecule has 0 bridgehead atoms. The lowest BCUT2D eigenvalue weighted by molar-refractivity contribution is -0.314. The molecule has 2 rings (SSSR count). The molecule has 1 saturated carbocycles. The fourth-order valence-corrected chi connectivity index (χ4v) is 2.85. The van der Waals surface area contributed by atoms with Crippen molar-refractivity contribution in [2.75, 3.05) is 0 Å². The minimum Gasteiger partial charge on any atom is -0.549 e. The first kappa shape index (κ1) is 14.0. The zero-order valence-corrected chi connectivity index (χ0v) is 11.1. The molecule has 0 radical (unpaired) electrons. The van der Waals surface area contributed by atoms with Crippen LogP contribution in [0.25, 0.3) is 0 Å². The van der Waals surface area contributed by atoms with E-state index in [9.17, 15) is 14.7 Å². The summed E-state index contributed by atoms with van der Waals surface area (Å²) >= 11 is 0. The molecule has 0 aromatic heterocycles. The Morgan fingerprint density at radius 3 is 2.60 bits per heavy atom. The van der Waals surface area contributed by atoms with Crippen LogP contribution in [-0.4, -0.2) is 17.7 Å². The van der Waals surface area contributed by atoms with Crippen molar-refractivity contribution >= 4 is 17.7 Å². The Kier molecular flexibility index (Phi) is 3.74. The summed E-state index contributed by atoms with van der Waals surface area (Å²) < 4.78 is 0. The summed E-state index contributed by atoms with van der Waals surface area (Å²) in [7, 11) is 0. The second-order valence-corrected chi connectivity index (χ2v) is 4.93. The molecule has 1 aliphatic carbocycles. The van der Waals surface area contributed by atoms with Crippen molar-refractivity contribution in [1.29, 1.82) is 0 Å². The standard InChI is InChI=1S/C14H17N3O3/c1-9-11(16-17-13(15)20)7-8-14(9,12(18)19)10-5-3-2-4-6-10/h2-6,9H,7-8H2,1H3,(H,18,19)(H3,15,17,20)/p-1/b16-11+/t9-,14-/m0/s1. The van der Waals surface area contributed by atoms with Crippen LogP contribution in [0.3, 0.4) is 0 Å². The van der Waals surface area contributed by atoms with Crippen LogP contribution in [0.4, 0.5) is 4.79 Å². The fourth-order valence-electron chi connectivity index (χ4n) is 2.85. The van der Waals surface area contributed by atoms with E-state index in [2.05, 4.69) is 10.5 Å². The van der Waals surface area contributed by atoms with Crippen LogP contribution in [0.2, 0.25) is 0 Å². The number of rotatable bonds is 3. The Labute approximate surface area is 116 Å². The van der Waals surface area contributed by atoms with Crippen molar-refractivity contribution in [2.45, 2.75) is 25.2 Å². The van der Waals surface area contributed by atoms with Gasteiger partial charge in [-0.3, -0.25) is 0 Å². The van der Waals surface area contributed by atoms with Crippen LogP contribution in [0.15, 0.2) is 35.4 Å². The summed E-state index contributed by atoms with van der Waals surface area (Å²) in [4.78, 5) is 22.4. The van der Waals surface area contributed by atoms with Crippen molar-refractivity contribution in [3.8, 4) is 0 Å². The lowest BCUT2D eigenvalue weighted by atomic mass is 9.73. The fraction of sp³-hybridized carbons (Fsp3) is 0.357. The van der Waals surface area contributed by atoms with Gasteiger partial charge in [0.25, 0.3) is 0 Å². The van der Waals surface area contributed by atoms with E-state index in [-0.39, 0.29) is 5.92 Å². The maximum absolute atomic E-state index is 11.7. The molecule has 0 aliphatic heterocycles. The zero-order valence-electron chi connectivity index (χ0n) is 11.1. The lowest BCUT2D eigenvalue weighted by Gasteiger charge is -2.35. The average molecular weight is 274 g/mol. The number of carboxylic acid groups (broad SMARTS) is 1. The average Bonchev–Trinajstić information content (AvgIpc) is 2.75. The molecule has 1 aliphatic rings. The highest BCUT2D eigenvalue weighted by molar-refractivity contribution is 5.98. The van der Waals surface area contributed by atoms with Gasteiger partial charge in [0.2, 0.25) is 0 Å². The number of carbonyl (C=O) groups excluding carboxylic acids is 2. The van der Waals surface area contributed by atoms with E-state index in [0.717, 1.165) is 0 Å². The quantitative estimate of drug-likeness (QED) is 0.765. The van der Waals surface area contributed by atoms with Gasteiger partial charge in [-0.25, -0.2) is 10.2 Å². The number of carbonyl (C=O) groups is 2. The molecular formula is C14H16N3O3-. The third-order valence-electron chi connectivity index (χ3n) is 3.98. The van der Waals surface area contributed by atoms with Gasteiger partial charge in [-0.05, 0) is 18.4 Å². The van der Waals surface area contributed by atoms with E-state index in [4.69, 9.17) is 5.73 Å². The van der Waals surface area contributed by atoms with Crippen LogP contribution >= 0.6 is 0 Å². The molecule has 6 heteroatoms. The summed E-state index contributed by atoms with van der Waals surface area (Å²) in [6.07, 6.45) is 0.865. The number of aliphatic carboxylic acids is 1. The number of primary amides is 1. The Bertz CT molecular complexity index is 556. The largest absolute Gasteiger partial charge is 0.549 e. The molecule has 1 aromatic rings. The van der Waals surface area contributed by atoms with Crippen LogP contribution in [-0.2, 0) is 10.2 Å². The third kappa shape index (κ3) is 2.24. The number of carboxylic acids is 1. The minimum atomic E-state index is -1.12. The monoisotopic (exact) mass is 274 g/mol. The van der Waals surface area contributed by atoms with Crippen LogP contribution in [0.5, 0.6) is 0 Å². The Balaban J connectivity index is 2.39. The Morgan fingerprint density at radius 1 is 1.40 bits per heavy atom. The highest BCUT2D eigenvalue weighted by atomic mass is 16.4. The molecule has 1 aromatic carbocycles. The summed E-state index contributed by atoms with van der Waals surface area (Å²) in [5.74, 6) is -1.50.